The highest BCUT2D eigenvalue weighted by Gasteiger charge is 2.34. The maximum absolute atomic E-state index is 12.5. The van der Waals surface area contributed by atoms with Crippen LogP contribution in [0.2, 0.25) is 5.02 Å². The molecule has 0 radical (unpaired) electrons. The van der Waals surface area contributed by atoms with Gasteiger partial charge in [0.2, 0.25) is 10.0 Å². The molecule has 0 aliphatic carbocycles. The Hall–Kier alpha value is -0.930. The highest BCUT2D eigenvalue weighted by atomic mass is 35.5. The van der Waals surface area contributed by atoms with E-state index in [1.165, 1.54) is 17.4 Å². The Kier molecular flexibility index (Phi) is 5.94. The fraction of sp³-hybridized carbons (Fsp3) is 0.455. The smallest absolute Gasteiger partial charge is 0.289 e. The summed E-state index contributed by atoms with van der Waals surface area (Å²) in [5.41, 5.74) is -0.466. The van der Waals surface area contributed by atoms with E-state index in [0.29, 0.717) is 13.0 Å². The molecule has 1 aromatic rings. The minimum Gasteiger partial charge on any atom is -0.315 e. The van der Waals surface area contributed by atoms with Gasteiger partial charge in [-0.05, 0) is 25.1 Å². The Morgan fingerprint density at radius 3 is 2.67 bits per heavy atom. The molecule has 0 bridgehead atoms. The molecule has 1 unspecified atom stereocenters. The van der Waals surface area contributed by atoms with Crippen molar-refractivity contribution in [2.24, 2.45) is 0 Å². The summed E-state index contributed by atoms with van der Waals surface area (Å²) in [6.45, 7) is 1.26. The highest BCUT2D eigenvalue weighted by Crippen LogP contribution is 2.30. The maximum atomic E-state index is 12.5. The first kappa shape index (κ1) is 18.1. The van der Waals surface area contributed by atoms with Crippen LogP contribution in [0.5, 0.6) is 0 Å². The molecule has 0 aromatic heterocycles. The van der Waals surface area contributed by atoms with Crippen molar-refractivity contribution < 1.29 is 13.3 Å². The van der Waals surface area contributed by atoms with Crippen LogP contribution >= 0.6 is 24.0 Å². The number of nitrogens with one attached hydrogen (secondary N) is 1. The summed E-state index contributed by atoms with van der Waals surface area (Å²) < 4.78 is 26.2. The lowest BCUT2D eigenvalue weighted by atomic mass is 10.3. The summed E-state index contributed by atoms with van der Waals surface area (Å²) in [6, 6.07) is 3.32. The van der Waals surface area contributed by atoms with Crippen LogP contribution < -0.4 is 5.32 Å². The van der Waals surface area contributed by atoms with Crippen LogP contribution in [0.1, 0.15) is 6.42 Å². The Balaban J connectivity index is 0.00000220. The lowest BCUT2D eigenvalue weighted by Gasteiger charge is -2.23. The summed E-state index contributed by atoms with van der Waals surface area (Å²) in [5.74, 6) is 0. The largest absolute Gasteiger partial charge is 0.315 e. The van der Waals surface area contributed by atoms with Gasteiger partial charge in [-0.15, -0.1) is 12.4 Å². The number of hydrogen-bond acceptors (Lipinski definition) is 5. The van der Waals surface area contributed by atoms with Crippen molar-refractivity contribution in [1.82, 2.24) is 9.62 Å². The number of hydrogen-bond donors (Lipinski definition) is 1. The van der Waals surface area contributed by atoms with Gasteiger partial charge in [-0.2, -0.15) is 4.31 Å². The van der Waals surface area contributed by atoms with E-state index in [1.54, 1.807) is 0 Å². The molecule has 1 aliphatic rings. The van der Waals surface area contributed by atoms with Crippen LogP contribution in [-0.2, 0) is 10.0 Å². The molecule has 2 rings (SSSR count). The second-order valence-corrected chi connectivity index (χ2v) is 6.94. The zero-order valence-electron chi connectivity index (χ0n) is 11.2. The van der Waals surface area contributed by atoms with Crippen molar-refractivity contribution in [1.29, 1.82) is 0 Å². The summed E-state index contributed by atoms with van der Waals surface area (Å²) in [5, 5.41) is 14.2. The number of nitrogens with zero attached hydrogens (tertiary/aromatic N) is 2. The van der Waals surface area contributed by atoms with E-state index < -0.39 is 20.6 Å². The van der Waals surface area contributed by atoms with Crippen LogP contribution in [0.4, 0.5) is 5.69 Å². The molecule has 0 saturated carbocycles. The van der Waals surface area contributed by atoms with Gasteiger partial charge in [-0.1, -0.05) is 11.6 Å². The zero-order valence-corrected chi connectivity index (χ0v) is 13.5. The second-order valence-electron chi connectivity index (χ2n) is 4.54. The van der Waals surface area contributed by atoms with Crippen molar-refractivity contribution in [3.8, 4) is 0 Å². The predicted octanol–water partition coefficient (Wildman–Crippen LogP) is 1.65. The van der Waals surface area contributed by atoms with Crippen molar-refractivity contribution in [2.75, 3.05) is 20.1 Å². The summed E-state index contributed by atoms with van der Waals surface area (Å²) in [6.07, 6.45) is 0.671. The van der Waals surface area contributed by atoms with E-state index in [1.807, 2.05) is 0 Å². The van der Waals surface area contributed by atoms with Crippen LogP contribution in [-0.4, -0.2) is 43.8 Å². The molecule has 1 heterocycles. The number of nitro groups is 1. The third-order valence-electron chi connectivity index (χ3n) is 3.32. The molecule has 1 N–H and O–H groups in total. The van der Waals surface area contributed by atoms with Gasteiger partial charge in [0, 0.05) is 30.7 Å². The molecule has 10 heteroatoms. The molecule has 1 aliphatic heterocycles. The topological polar surface area (TPSA) is 92.6 Å². The van der Waals surface area contributed by atoms with E-state index in [-0.39, 0.29) is 28.4 Å². The van der Waals surface area contributed by atoms with E-state index >= 15 is 0 Å². The lowest BCUT2D eigenvalue weighted by molar-refractivity contribution is -0.387. The van der Waals surface area contributed by atoms with E-state index in [4.69, 9.17) is 11.6 Å². The van der Waals surface area contributed by atoms with Gasteiger partial charge in [0.15, 0.2) is 4.90 Å². The Morgan fingerprint density at radius 1 is 1.48 bits per heavy atom. The van der Waals surface area contributed by atoms with Gasteiger partial charge >= 0.3 is 0 Å². The first-order valence-corrected chi connectivity index (χ1v) is 7.78. The standard InChI is InChI=1S/C11H14ClN3O4S.ClH/c1-14(9-4-5-13-7-9)20(18,19)11-6-8(12)2-3-10(11)15(16)17;/h2-3,6,9,13H,4-5,7H2,1H3;1H. The minimum atomic E-state index is -3.95. The van der Waals surface area contributed by atoms with Crippen molar-refractivity contribution in [3.05, 3.63) is 33.3 Å². The molecular formula is C11H15Cl2N3O4S. The number of rotatable bonds is 4. The molecule has 118 valence electrons. The van der Waals surface area contributed by atoms with Crippen molar-refractivity contribution in [2.45, 2.75) is 17.4 Å². The fourth-order valence-electron chi connectivity index (χ4n) is 2.15. The molecule has 1 aromatic carbocycles. The normalized spacial score (nSPS) is 18.5. The maximum Gasteiger partial charge on any atom is 0.289 e. The number of nitro benzene ring substituents is 1. The minimum absolute atomic E-state index is 0. The zero-order chi connectivity index (χ0) is 14.9. The molecule has 1 atom stereocenters. The first-order valence-electron chi connectivity index (χ1n) is 5.96. The van der Waals surface area contributed by atoms with Gasteiger partial charge in [-0.3, -0.25) is 10.1 Å². The summed E-state index contributed by atoms with van der Waals surface area (Å²) in [4.78, 5) is 9.90. The van der Waals surface area contributed by atoms with Crippen LogP contribution in [0.25, 0.3) is 0 Å². The van der Waals surface area contributed by atoms with Gasteiger partial charge in [0.1, 0.15) is 0 Å². The predicted molar refractivity (Wildman–Crippen MR) is 81.6 cm³/mol. The Bertz CT molecular complexity index is 632. The molecule has 21 heavy (non-hydrogen) atoms. The third-order valence-corrected chi connectivity index (χ3v) is 5.50. The van der Waals surface area contributed by atoms with Gasteiger partial charge < -0.3 is 5.32 Å². The summed E-state index contributed by atoms with van der Waals surface area (Å²) >= 11 is 5.77. The number of sulfonamides is 1. The van der Waals surface area contributed by atoms with Crippen molar-refractivity contribution >= 4 is 39.7 Å². The molecule has 1 saturated heterocycles. The van der Waals surface area contributed by atoms with Crippen molar-refractivity contribution in [3.63, 3.8) is 0 Å². The van der Waals surface area contributed by atoms with Gasteiger partial charge in [-0.25, -0.2) is 8.42 Å². The molecular weight excluding hydrogens is 341 g/mol. The molecule has 0 spiro atoms. The Morgan fingerprint density at radius 2 is 2.14 bits per heavy atom. The second kappa shape index (κ2) is 6.89. The number of benzene rings is 1. The quantitative estimate of drug-likeness (QED) is 0.654. The van der Waals surface area contributed by atoms with E-state index in [0.717, 1.165) is 18.7 Å². The monoisotopic (exact) mass is 355 g/mol. The Labute approximate surface area is 133 Å². The first-order chi connectivity index (χ1) is 9.34. The molecule has 1 fully saturated rings. The van der Waals surface area contributed by atoms with Crippen LogP contribution in [0, 0.1) is 10.1 Å². The van der Waals surface area contributed by atoms with Gasteiger partial charge in [0.25, 0.3) is 5.69 Å². The van der Waals surface area contributed by atoms with E-state index in [2.05, 4.69) is 5.32 Å². The number of halogens is 2. The fourth-order valence-corrected chi connectivity index (χ4v) is 3.95. The molecule has 7 nitrogen and oxygen atoms in total. The van der Waals surface area contributed by atoms with Gasteiger partial charge in [0.05, 0.1) is 4.92 Å². The average Bonchev–Trinajstić information content (AvgIpc) is 2.91. The third kappa shape index (κ3) is 3.64. The average molecular weight is 356 g/mol. The van der Waals surface area contributed by atoms with E-state index in [9.17, 15) is 18.5 Å². The SMILES string of the molecule is CN(C1CCNC1)S(=O)(=O)c1cc(Cl)ccc1[N+](=O)[O-].Cl. The molecule has 0 amide bonds. The number of likely N-dealkylation sites (N-methyl/N-ethyl adjacent to an activating group) is 1. The van der Waals surface area contributed by atoms with Crippen LogP contribution in [0.15, 0.2) is 23.1 Å². The summed E-state index contributed by atoms with van der Waals surface area (Å²) in [7, 11) is -2.53. The van der Waals surface area contributed by atoms with Crippen LogP contribution in [0.3, 0.4) is 0 Å². The lowest BCUT2D eigenvalue weighted by Crippen LogP contribution is -2.38. The highest BCUT2D eigenvalue weighted by molar-refractivity contribution is 7.89.